The summed E-state index contributed by atoms with van der Waals surface area (Å²) >= 11 is 1.41. The van der Waals surface area contributed by atoms with Gasteiger partial charge in [0.2, 0.25) is 0 Å². The van der Waals surface area contributed by atoms with Gasteiger partial charge in [0.15, 0.2) is 0 Å². The molecule has 1 amide bonds. The summed E-state index contributed by atoms with van der Waals surface area (Å²) in [6.07, 6.45) is 0. The van der Waals surface area contributed by atoms with Crippen LogP contribution >= 0.6 is 11.3 Å². The molecule has 0 aliphatic rings. The molecule has 0 spiro atoms. The first kappa shape index (κ1) is 19.4. The molecule has 0 radical (unpaired) electrons. The van der Waals surface area contributed by atoms with Crippen LogP contribution in [-0.4, -0.2) is 25.4 Å². The number of nitrogens with one attached hydrogen (secondary N) is 1. The van der Waals surface area contributed by atoms with E-state index in [1.807, 2.05) is 70.3 Å². The zero-order chi connectivity index (χ0) is 21.7. The molecule has 0 bridgehead atoms. The van der Waals surface area contributed by atoms with Gasteiger partial charge >= 0.3 is 0 Å². The van der Waals surface area contributed by atoms with E-state index in [0.717, 1.165) is 55.4 Å². The van der Waals surface area contributed by atoms with Crippen molar-refractivity contribution in [3.8, 4) is 11.4 Å². The van der Waals surface area contributed by atoms with Crippen LogP contribution < -0.4 is 5.32 Å². The molecule has 0 saturated carbocycles. The van der Waals surface area contributed by atoms with Gasteiger partial charge in [-0.15, -0.1) is 11.3 Å². The topological polar surface area (TPSA) is 72.7 Å². The average molecular weight is 428 g/mol. The minimum absolute atomic E-state index is 0.131. The van der Waals surface area contributed by atoms with Crippen molar-refractivity contribution in [2.45, 2.75) is 20.8 Å². The second-order valence-electron chi connectivity index (χ2n) is 7.61. The number of aryl methyl sites for hydroxylation is 4. The number of carbonyl (C=O) groups excluding carboxylic acids is 1. The first-order chi connectivity index (χ1) is 14.9. The molecule has 5 aromatic rings. The molecule has 0 aliphatic heterocycles. The zero-order valence-electron chi connectivity index (χ0n) is 17.7. The molecular formula is C24H21N5OS. The molecule has 5 rings (SSSR count). The standard InChI is InChI=1S/C24H21N5OS/c1-13-20-14(2)25-15(3)26-24(20)31-21(13)23(30)27-17-11-9-16(10-12-17)22-28-18-7-5-6-8-19(18)29(22)4/h5-12H,1-4H3,(H,27,30). The Morgan fingerprint density at radius 1 is 0.968 bits per heavy atom. The predicted molar refractivity (Wildman–Crippen MR) is 126 cm³/mol. The average Bonchev–Trinajstić information content (AvgIpc) is 3.26. The SMILES string of the molecule is Cc1nc(C)c2c(C)c(C(=O)Nc3ccc(-c4nc5ccccc5n4C)cc3)sc2n1. The summed E-state index contributed by atoms with van der Waals surface area (Å²) in [4.78, 5) is 28.1. The predicted octanol–water partition coefficient (Wildman–Crippen LogP) is 5.42. The van der Waals surface area contributed by atoms with Gasteiger partial charge in [-0.1, -0.05) is 12.1 Å². The van der Waals surface area contributed by atoms with Gasteiger partial charge in [0.05, 0.1) is 15.9 Å². The number of fused-ring (bicyclic) bond motifs is 2. The fourth-order valence-electron chi connectivity index (χ4n) is 3.98. The maximum absolute atomic E-state index is 13.0. The number of hydrogen-bond donors (Lipinski definition) is 1. The fraction of sp³-hybridized carbons (Fsp3) is 0.167. The number of aromatic nitrogens is 4. The first-order valence-corrected chi connectivity index (χ1v) is 10.8. The summed E-state index contributed by atoms with van der Waals surface area (Å²) in [5.41, 5.74) is 5.61. The van der Waals surface area contributed by atoms with E-state index in [1.165, 1.54) is 11.3 Å². The summed E-state index contributed by atoms with van der Waals surface area (Å²) < 4.78 is 2.08. The van der Waals surface area contributed by atoms with E-state index >= 15 is 0 Å². The van der Waals surface area contributed by atoms with Gasteiger partial charge in [0, 0.05) is 29.4 Å². The molecule has 154 valence electrons. The number of imidazole rings is 1. The number of anilines is 1. The molecule has 31 heavy (non-hydrogen) atoms. The molecule has 3 aromatic heterocycles. The van der Waals surface area contributed by atoms with Crippen LogP contribution in [0.2, 0.25) is 0 Å². The highest BCUT2D eigenvalue weighted by Crippen LogP contribution is 2.32. The smallest absolute Gasteiger partial charge is 0.266 e. The van der Waals surface area contributed by atoms with E-state index in [-0.39, 0.29) is 5.91 Å². The first-order valence-electron chi connectivity index (χ1n) is 10.00. The van der Waals surface area contributed by atoms with E-state index < -0.39 is 0 Å². The second-order valence-corrected chi connectivity index (χ2v) is 8.61. The molecule has 0 saturated heterocycles. The maximum atomic E-state index is 13.0. The van der Waals surface area contributed by atoms with Gasteiger partial charge < -0.3 is 9.88 Å². The van der Waals surface area contributed by atoms with E-state index in [4.69, 9.17) is 4.98 Å². The van der Waals surface area contributed by atoms with Crippen molar-refractivity contribution in [2.24, 2.45) is 7.05 Å². The summed E-state index contributed by atoms with van der Waals surface area (Å²) in [5.74, 6) is 1.48. The van der Waals surface area contributed by atoms with Crippen molar-refractivity contribution in [1.82, 2.24) is 19.5 Å². The van der Waals surface area contributed by atoms with Crippen molar-refractivity contribution in [1.29, 1.82) is 0 Å². The van der Waals surface area contributed by atoms with E-state index in [2.05, 4.69) is 25.9 Å². The Kier molecular flexibility index (Phi) is 4.55. The highest BCUT2D eigenvalue weighted by molar-refractivity contribution is 7.20. The van der Waals surface area contributed by atoms with Gasteiger partial charge in [-0.25, -0.2) is 15.0 Å². The Labute approximate surface area is 183 Å². The Morgan fingerprint density at radius 2 is 1.71 bits per heavy atom. The third kappa shape index (κ3) is 3.27. The highest BCUT2D eigenvalue weighted by atomic mass is 32.1. The van der Waals surface area contributed by atoms with E-state index in [1.54, 1.807) is 0 Å². The number of hydrogen-bond acceptors (Lipinski definition) is 5. The maximum Gasteiger partial charge on any atom is 0.266 e. The monoisotopic (exact) mass is 427 g/mol. The van der Waals surface area contributed by atoms with E-state index in [0.29, 0.717) is 4.88 Å². The minimum atomic E-state index is -0.131. The van der Waals surface area contributed by atoms with Gasteiger partial charge in [-0.2, -0.15) is 0 Å². The molecule has 6 nitrogen and oxygen atoms in total. The van der Waals surface area contributed by atoms with E-state index in [9.17, 15) is 4.79 Å². The molecule has 7 heteroatoms. The summed E-state index contributed by atoms with van der Waals surface area (Å²) in [5, 5.41) is 3.98. The molecule has 0 aliphatic carbocycles. The highest BCUT2D eigenvalue weighted by Gasteiger charge is 2.19. The van der Waals surface area contributed by atoms with Gasteiger partial charge in [0.25, 0.3) is 5.91 Å². The number of benzene rings is 2. The van der Waals surface area contributed by atoms with Crippen molar-refractivity contribution in [2.75, 3.05) is 5.32 Å². The summed E-state index contributed by atoms with van der Waals surface area (Å²) in [6, 6.07) is 15.8. The largest absolute Gasteiger partial charge is 0.327 e. The fourth-order valence-corrected chi connectivity index (χ4v) is 5.16. The molecule has 2 aromatic carbocycles. The van der Waals surface area contributed by atoms with Crippen molar-refractivity contribution < 1.29 is 4.79 Å². The number of thiophene rings is 1. The minimum Gasteiger partial charge on any atom is -0.327 e. The normalized spacial score (nSPS) is 11.4. The summed E-state index contributed by atoms with van der Waals surface area (Å²) in [7, 11) is 2.01. The Balaban J connectivity index is 1.43. The van der Waals surface area contributed by atoms with Gasteiger partial charge in [-0.3, -0.25) is 4.79 Å². The molecule has 0 atom stereocenters. The number of carbonyl (C=O) groups is 1. The lowest BCUT2D eigenvalue weighted by Gasteiger charge is -2.07. The molecule has 3 heterocycles. The quantitative estimate of drug-likeness (QED) is 0.417. The van der Waals surface area contributed by atoms with Crippen LogP contribution in [0.1, 0.15) is 26.8 Å². The van der Waals surface area contributed by atoms with Crippen LogP contribution in [0, 0.1) is 20.8 Å². The number of para-hydroxylation sites is 2. The number of amides is 1. The summed E-state index contributed by atoms with van der Waals surface area (Å²) in [6.45, 7) is 5.78. The van der Waals surface area contributed by atoms with Crippen molar-refractivity contribution in [3.63, 3.8) is 0 Å². The molecule has 0 fully saturated rings. The molecule has 0 unspecified atom stereocenters. The second kappa shape index (κ2) is 7.28. The van der Waals surface area contributed by atoms with Crippen molar-refractivity contribution >= 4 is 44.2 Å². The Hall–Kier alpha value is -3.58. The van der Waals surface area contributed by atoms with Gasteiger partial charge in [0.1, 0.15) is 16.5 Å². The third-order valence-corrected chi connectivity index (χ3v) is 6.66. The third-order valence-electron chi connectivity index (χ3n) is 5.48. The van der Waals surface area contributed by atoms with Gasteiger partial charge in [-0.05, 0) is 62.7 Å². The van der Waals surface area contributed by atoms with Crippen molar-refractivity contribution in [3.05, 3.63) is 70.5 Å². The van der Waals surface area contributed by atoms with Crippen LogP contribution in [0.25, 0.3) is 32.6 Å². The number of rotatable bonds is 3. The van der Waals surface area contributed by atoms with Crippen LogP contribution in [0.3, 0.4) is 0 Å². The lowest BCUT2D eigenvalue weighted by molar-refractivity contribution is 0.103. The van der Waals surface area contributed by atoms with Crippen LogP contribution in [-0.2, 0) is 7.05 Å². The molecular weight excluding hydrogens is 406 g/mol. The lowest BCUT2D eigenvalue weighted by Crippen LogP contribution is -2.11. The Bertz CT molecular complexity index is 1460. The Morgan fingerprint density at radius 3 is 2.45 bits per heavy atom. The van der Waals surface area contributed by atoms with Crippen LogP contribution in [0.15, 0.2) is 48.5 Å². The zero-order valence-corrected chi connectivity index (χ0v) is 18.5. The van der Waals surface area contributed by atoms with Crippen LogP contribution in [0.5, 0.6) is 0 Å². The van der Waals surface area contributed by atoms with Crippen LogP contribution in [0.4, 0.5) is 5.69 Å². The molecule has 1 N–H and O–H groups in total. The lowest BCUT2D eigenvalue weighted by atomic mass is 10.1. The number of nitrogens with zero attached hydrogens (tertiary/aromatic N) is 4.